The van der Waals surface area contributed by atoms with Crippen LogP contribution >= 0.6 is 0 Å². The number of rotatable bonds is 12. The maximum absolute atomic E-state index is 11.6. The van der Waals surface area contributed by atoms with Gasteiger partial charge in [-0.25, -0.2) is 0 Å². The Labute approximate surface area is 116 Å². The molecular formula is C15H28O4. The predicted molar refractivity (Wildman–Crippen MR) is 75.0 cm³/mol. The van der Waals surface area contributed by atoms with Crippen molar-refractivity contribution in [2.45, 2.75) is 84.2 Å². The molecule has 0 amide bonds. The molecule has 0 aliphatic carbocycles. The van der Waals surface area contributed by atoms with E-state index in [1.165, 1.54) is 0 Å². The van der Waals surface area contributed by atoms with E-state index in [4.69, 9.17) is 9.84 Å². The van der Waals surface area contributed by atoms with E-state index >= 15 is 0 Å². The van der Waals surface area contributed by atoms with Crippen LogP contribution in [0.15, 0.2) is 0 Å². The van der Waals surface area contributed by atoms with E-state index < -0.39 is 12.1 Å². The van der Waals surface area contributed by atoms with Gasteiger partial charge in [-0.3, -0.25) is 9.59 Å². The van der Waals surface area contributed by atoms with Gasteiger partial charge in [0, 0.05) is 6.42 Å². The molecule has 0 spiro atoms. The van der Waals surface area contributed by atoms with Gasteiger partial charge in [0.2, 0.25) is 0 Å². The van der Waals surface area contributed by atoms with Crippen LogP contribution in [0.1, 0.15) is 78.1 Å². The summed E-state index contributed by atoms with van der Waals surface area (Å²) in [6.07, 6.45) is 7.70. The monoisotopic (exact) mass is 272 g/mol. The SMILES string of the molecule is CCCCCCC(CC(=O)O)OC(=O)CCCCC. The van der Waals surface area contributed by atoms with E-state index in [2.05, 4.69) is 13.8 Å². The van der Waals surface area contributed by atoms with Crippen LogP contribution in [-0.4, -0.2) is 23.1 Å². The number of carboxylic acid groups (broad SMARTS) is 1. The third-order valence-corrected chi connectivity index (χ3v) is 3.06. The summed E-state index contributed by atoms with van der Waals surface area (Å²) in [5.74, 6) is -1.16. The first-order valence-electron chi connectivity index (χ1n) is 7.51. The molecule has 0 saturated heterocycles. The Bertz CT molecular complexity index is 251. The zero-order valence-corrected chi connectivity index (χ0v) is 12.3. The first kappa shape index (κ1) is 17.9. The Kier molecular flexibility index (Phi) is 11.3. The van der Waals surface area contributed by atoms with Crippen LogP contribution in [0.5, 0.6) is 0 Å². The summed E-state index contributed by atoms with van der Waals surface area (Å²) < 4.78 is 5.27. The van der Waals surface area contributed by atoms with Crippen LogP contribution in [0.2, 0.25) is 0 Å². The highest BCUT2D eigenvalue weighted by molar-refractivity contribution is 5.71. The van der Waals surface area contributed by atoms with E-state index in [0.29, 0.717) is 12.8 Å². The van der Waals surface area contributed by atoms with E-state index in [1.807, 2.05) is 0 Å². The molecule has 0 aliphatic heterocycles. The highest BCUT2D eigenvalue weighted by Crippen LogP contribution is 2.13. The summed E-state index contributed by atoms with van der Waals surface area (Å²) in [6.45, 7) is 4.20. The number of unbranched alkanes of at least 4 members (excludes halogenated alkanes) is 5. The molecule has 0 saturated carbocycles. The van der Waals surface area contributed by atoms with Gasteiger partial charge in [0.15, 0.2) is 0 Å². The molecule has 4 heteroatoms. The van der Waals surface area contributed by atoms with Crippen molar-refractivity contribution in [1.82, 2.24) is 0 Å². The van der Waals surface area contributed by atoms with Crippen molar-refractivity contribution < 1.29 is 19.4 Å². The van der Waals surface area contributed by atoms with Crippen LogP contribution in [0, 0.1) is 0 Å². The van der Waals surface area contributed by atoms with Crippen LogP contribution in [0.4, 0.5) is 0 Å². The van der Waals surface area contributed by atoms with Gasteiger partial charge in [0.05, 0.1) is 6.42 Å². The number of hydrogen-bond acceptors (Lipinski definition) is 3. The molecule has 1 unspecified atom stereocenters. The van der Waals surface area contributed by atoms with Gasteiger partial charge in [-0.05, 0) is 19.3 Å². The molecule has 0 bridgehead atoms. The molecule has 0 rings (SSSR count). The number of esters is 1. The van der Waals surface area contributed by atoms with Gasteiger partial charge in [-0.15, -0.1) is 0 Å². The normalized spacial score (nSPS) is 12.1. The minimum Gasteiger partial charge on any atom is -0.481 e. The lowest BCUT2D eigenvalue weighted by molar-refractivity contribution is -0.153. The van der Waals surface area contributed by atoms with E-state index in [-0.39, 0.29) is 12.4 Å². The zero-order chi connectivity index (χ0) is 14.5. The molecule has 4 nitrogen and oxygen atoms in total. The van der Waals surface area contributed by atoms with Crippen molar-refractivity contribution in [1.29, 1.82) is 0 Å². The molecule has 0 aliphatic rings. The quantitative estimate of drug-likeness (QED) is 0.432. The molecule has 1 N–H and O–H groups in total. The number of carbonyl (C=O) groups excluding carboxylic acids is 1. The smallest absolute Gasteiger partial charge is 0.307 e. The molecule has 0 aromatic carbocycles. The van der Waals surface area contributed by atoms with Gasteiger partial charge >= 0.3 is 11.9 Å². The van der Waals surface area contributed by atoms with Crippen molar-refractivity contribution in [3.05, 3.63) is 0 Å². The molecule has 0 fully saturated rings. The molecular weight excluding hydrogens is 244 g/mol. The summed E-state index contributed by atoms with van der Waals surface area (Å²) in [6, 6.07) is 0. The van der Waals surface area contributed by atoms with Gasteiger partial charge < -0.3 is 9.84 Å². The first-order chi connectivity index (χ1) is 9.10. The van der Waals surface area contributed by atoms with Gasteiger partial charge in [0.1, 0.15) is 6.10 Å². The molecule has 112 valence electrons. The van der Waals surface area contributed by atoms with Gasteiger partial charge in [0.25, 0.3) is 0 Å². The minimum atomic E-state index is -0.901. The molecule has 1 atom stereocenters. The average Bonchev–Trinajstić information content (AvgIpc) is 2.34. The number of hydrogen-bond donors (Lipinski definition) is 1. The second-order valence-electron chi connectivity index (χ2n) is 5.02. The summed E-state index contributed by atoms with van der Waals surface area (Å²) in [5.41, 5.74) is 0. The van der Waals surface area contributed by atoms with Crippen molar-refractivity contribution in [3.8, 4) is 0 Å². The van der Waals surface area contributed by atoms with Crippen LogP contribution < -0.4 is 0 Å². The predicted octanol–water partition coefficient (Wildman–Crippen LogP) is 3.92. The molecule has 0 radical (unpaired) electrons. The van der Waals surface area contributed by atoms with Crippen LogP contribution in [0.3, 0.4) is 0 Å². The van der Waals surface area contributed by atoms with Crippen molar-refractivity contribution in [2.24, 2.45) is 0 Å². The largest absolute Gasteiger partial charge is 0.481 e. The molecule has 0 heterocycles. The zero-order valence-electron chi connectivity index (χ0n) is 12.3. The van der Waals surface area contributed by atoms with Crippen LogP contribution in [-0.2, 0) is 14.3 Å². The Morgan fingerprint density at radius 1 is 1.00 bits per heavy atom. The highest BCUT2D eigenvalue weighted by atomic mass is 16.5. The second-order valence-corrected chi connectivity index (χ2v) is 5.02. The standard InChI is InChI=1S/C15H28O4/c1-3-5-7-9-10-13(12-14(16)17)19-15(18)11-8-6-4-2/h13H,3-12H2,1-2H3,(H,16,17). The molecule has 0 aromatic rings. The third kappa shape index (κ3) is 11.7. The summed E-state index contributed by atoms with van der Waals surface area (Å²) >= 11 is 0. The maximum atomic E-state index is 11.6. The van der Waals surface area contributed by atoms with Crippen molar-refractivity contribution in [2.75, 3.05) is 0 Å². The Hall–Kier alpha value is -1.06. The van der Waals surface area contributed by atoms with E-state index in [9.17, 15) is 9.59 Å². The lowest BCUT2D eigenvalue weighted by Gasteiger charge is -2.16. The minimum absolute atomic E-state index is 0.0777. The van der Waals surface area contributed by atoms with E-state index in [0.717, 1.165) is 44.9 Å². The Balaban J connectivity index is 3.96. The third-order valence-electron chi connectivity index (χ3n) is 3.06. The van der Waals surface area contributed by atoms with Crippen molar-refractivity contribution in [3.63, 3.8) is 0 Å². The average molecular weight is 272 g/mol. The van der Waals surface area contributed by atoms with E-state index in [1.54, 1.807) is 0 Å². The first-order valence-corrected chi connectivity index (χ1v) is 7.51. The van der Waals surface area contributed by atoms with Gasteiger partial charge in [-0.1, -0.05) is 46.0 Å². The van der Waals surface area contributed by atoms with Crippen LogP contribution in [0.25, 0.3) is 0 Å². The van der Waals surface area contributed by atoms with Gasteiger partial charge in [-0.2, -0.15) is 0 Å². The molecule has 0 aromatic heterocycles. The number of carbonyl (C=O) groups is 2. The fourth-order valence-corrected chi connectivity index (χ4v) is 1.96. The lowest BCUT2D eigenvalue weighted by atomic mass is 10.1. The summed E-state index contributed by atoms with van der Waals surface area (Å²) in [4.78, 5) is 22.3. The Morgan fingerprint density at radius 3 is 2.21 bits per heavy atom. The number of aliphatic carboxylic acids is 1. The lowest BCUT2D eigenvalue weighted by Crippen LogP contribution is -2.21. The number of carboxylic acids is 1. The Morgan fingerprint density at radius 2 is 1.63 bits per heavy atom. The fraction of sp³-hybridized carbons (Fsp3) is 0.867. The fourth-order valence-electron chi connectivity index (χ4n) is 1.96. The summed E-state index contributed by atoms with van der Waals surface area (Å²) in [7, 11) is 0. The highest BCUT2D eigenvalue weighted by Gasteiger charge is 2.17. The molecule has 19 heavy (non-hydrogen) atoms. The summed E-state index contributed by atoms with van der Waals surface area (Å²) in [5, 5.41) is 8.82. The second kappa shape index (κ2) is 12.0. The van der Waals surface area contributed by atoms with Crippen molar-refractivity contribution >= 4 is 11.9 Å². The topological polar surface area (TPSA) is 63.6 Å². The maximum Gasteiger partial charge on any atom is 0.307 e. The number of ether oxygens (including phenoxy) is 1.